The zero-order chi connectivity index (χ0) is 17.6. The van der Waals surface area contributed by atoms with Crippen molar-refractivity contribution < 1.29 is 9.53 Å². The van der Waals surface area contributed by atoms with Gasteiger partial charge in [0.15, 0.2) is 0 Å². The van der Waals surface area contributed by atoms with Crippen molar-refractivity contribution in [2.75, 3.05) is 13.7 Å². The molecule has 6 nitrogen and oxygen atoms in total. The molecule has 0 radical (unpaired) electrons. The minimum atomic E-state index is -0.105. The van der Waals surface area contributed by atoms with Gasteiger partial charge in [-0.1, -0.05) is 0 Å². The highest BCUT2D eigenvalue weighted by atomic mass is 32.1. The monoisotopic (exact) mass is 356 g/mol. The Kier molecular flexibility index (Phi) is 5.45. The molecule has 7 heteroatoms. The first-order valence-electron chi connectivity index (χ1n) is 8.10. The third-order valence-corrected chi connectivity index (χ3v) is 4.72. The van der Waals surface area contributed by atoms with E-state index >= 15 is 0 Å². The number of carbonyl (C=O) groups is 1. The first-order valence-corrected chi connectivity index (χ1v) is 8.98. The number of benzene rings is 1. The van der Waals surface area contributed by atoms with Crippen molar-refractivity contribution in [3.05, 3.63) is 52.6 Å². The summed E-state index contributed by atoms with van der Waals surface area (Å²) in [6, 6.07) is 9.55. The standard InChI is InChI=1S/C18H20N4O2S/c1-3-22-16(8-11-20-22)18(23)19-10-9-17-21-15(12-25-17)13-4-6-14(24-2)7-5-13/h4-8,11-12H,3,9-10H2,1-2H3,(H,19,23). The van der Waals surface area contributed by atoms with Gasteiger partial charge in [-0.3, -0.25) is 9.48 Å². The van der Waals surface area contributed by atoms with Gasteiger partial charge in [-0.25, -0.2) is 4.98 Å². The molecule has 1 amide bonds. The maximum Gasteiger partial charge on any atom is 0.269 e. The number of amides is 1. The van der Waals surface area contributed by atoms with Crippen LogP contribution in [0.5, 0.6) is 5.75 Å². The van der Waals surface area contributed by atoms with E-state index in [4.69, 9.17) is 4.74 Å². The average Bonchev–Trinajstić information content (AvgIpc) is 3.31. The molecule has 0 saturated heterocycles. The summed E-state index contributed by atoms with van der Waals surface area (Å²) in [4.78, 5) is 16.8. The Balaban J connectivity index is 1.55. The lowest BCUT2D eigenvalue weighted by Crippen LogP contribution is -2.28. The molecule has 1 aromatic carbocycles. The van der Waals surface area contributed by atoms with Crippen LogP contribution in [0.25, 0.3) is 11.3 Å². The fourth-order valence-corrected chi connectivity index (χ4v) is 3.28. The summed E-state index contributed by atoms with van der Waals surface area (Å²) >= 11 is 1.60. The van der Waals surface area contributed by atoms with Crippen LogP contribution in [0.4, 0.5) is 0 Å². The molecular weight excluding hydrogens is 336 g/mol. The number of carbonyl (C=O) groups excluding carboxylic acids is 1. The predicted octanol–water partition coefficient (Wildman–Crippen LogP) is 3.01. The number of ether oxygens (including phenoxy) is 1. The molecule has 0 aliphatic heterocycles. The second kappa shape index (κ2) is 7.94. The van der Waals surface area contributed by atoms with Crippen LogP contribution in [0.1, 0.15) is 22.4 Å². The Bertz CT molecular complexity index is 839. The topological polar surface area (TPSA) is 69.0 Å². The van der Waals surface area contributed by atoms with Crippen molar-refractivity contribution in [3.63, 3.8) is 0 Å². The molecule has 0 aliphatic rings. The van der Waals surface area contributed by atoms with Crippen LogP contribution < -0.4 is 10.1 Å². The Labute approximate surface area is 150 Å². The van der Waals surface area contributed by atoms with E-state index in [-0.39, 0.29) is 5.91 Å². The highest BCUT2D eigenvalue weighted by molar-refractivity contribution is 7.09. The van der Waals surface area contributed by atoms with Gasteiger partial charge in [0, 0.05) is 36.7 Å². The molecule has 0 aliphatic carbocycles. The molecular formula is C18H20N4O2S. The molecule has 0 fully saturated rings. The highest BCUT2D eigenvalue weighted by Gasteiger charge is 2.11. The molecule has 0 unspecified atom stereocenters. The van der Waals surface area contributed by atoms with Gasteiger partial charge < -0.3 is 10.1 Å². The molecule has 0 spiro atoms. The van der Waals surface area contributed by atoms with Crippen molar-refractivity contribution in [1.82, 2.24) is 20.1 Å². The third-order valence-electron chi connectivity index (χ3n) is 3.81. The number of nitrogens with zero attached hydrogens (tertiary/aromatic N) is 3. The fourth-order valence-electron chi connectivity index (χ4n) is 2.47. The van der Waals surface area contributed by atoms with Gasteiger partial charge in [-0.05, 0) is 37.3 Å². The minimum Gasteiger partial charge on any atom is -0.497 e. The largest absolute Gasteiger partial charge is 0.497 e. The van der Waals surface area contributed by atoms with E-state index in [9.17, 15) is 4.79 Å². The van der Waals surface area contributed by atoms with E-state index in [1.165, 1.54) is 0 Å². The van der Waals surface area contributed by atoms with Crippen molar-refractivity contribution in [2.24, 2.45) is 0 Å². The zero-order valence-electron chi connectivity index (χ0n) is 14.2. The summed E-state index contributed by atoms with van der Waals surface area (Å²) < 4.78 is 6.85. The third kappa shape index (κ3) is 4.06. The number of methoxy groups -OCH3 is 1. The lowest BCUT2D eigenvalue weighted by molar-refractivity contribution is 0.0943. The first-order chi connectivity index (χ1) is 12.2. The molecule has 2 aromatic heterocycles. The van der Waals surface area contributed by atoms with E-state index in [0.29, 0.717) is 25.2 Å². The number of aromatic nitrogens is 3. The molecule has 0 bridgehead atoms. The summed E-state index contributed by atoms with van der Waals surface area (Å²) in [6.07, 6.45) is 2.34. The van der Waals surface area contributed by atoms with E-state index in [2.05, 4.69) is 15.4 Å². The molecule has 1 N–H and O–H groups in total. The van der Waals surface area contributed by atoms with Crippen LogP contribution in [0.2, 0.25) is 0 Å². The Morgan fingerprint density at radius 2 is 2.08 bits per heavy atom. The quantitative estimate of drug-likeness (QED) is 0.706. The maximum atomic E-state index is 12.2. The number of hydrogen-bond acceptors (Lipinski definition) is 5. The Morgan fingerprint density at radius 3 is 2.80 bits per heavy atom. The molecule has 130 valence electrons. The van der Waals surface area contributed by atoms with Gasteiger partial charge in [-0.15, -0.1) is 11.3 Å². The highest BCUT2D eigenvalue weighted by Crippen LogP contribution is 2.24. The van der Waals surface area contributed by atoms with Crippen LogP contribution in [0, 0.1) is 0 Å². The number of hydrogen-bond donors (Lipinski definition) is 1. The molecule has 3 rings (SSSR count). The molecule has 25 heavy (non-hydrogen) atoms. The smallest absolute Gasteiger partial charge is 0.269 e. The summed E-state index contributed by atoms with van der Waals surface area (Å²) in [7, 11) is 1.65. The molecule has 0 saturated carbocycles. The number of aryl methyl sites for hydroxylation is 1. The lowest BCUT2D eigenvalue weighted by Gasteiger charge is -2.05. The average molecular weight is 356 g/mol. The molecule has 3 aromatic rings. The van der Waals surface area contributed by atoms with E-state index in [1.807, 2.05) is 36.6 Å². The summed E-state index contributed by atoms with van der Waals surface area (Å²) in [5.74, 6) is 0.722. The van der Waals surface area contributed by atoms with Gasteiger partial charge >= 0.3 is 0 Å². The van der Waals surface area contributed by atoms with Crippen molar-refractivity contribution >= 4 is 17.2 Å². The van der Waals surface area contributed by atoms with Crippen molar-refractivity contribution in [3.8, 4) is 17.0 Å². The minimum absolute atomic E-state index is 0.105. The summed E-state index contributed by atoms with van der Waals surface area (Å²) in [5.41, 5.74) is 2.58. The first kappa shape index (κ1) is 17.2. The predicted molar refractivity (Wildman–Crippen MR) is 98.0 cm³/mol. The van der Waals surface area contributed by atoms with E-state index in [1.54, 1.807) is 35.4 Å². The van der Waals surface area contributed by atoms with Crippen LogP contribution in [-0.4, -0.2) is 34.3 Å². The van der Waals surface area contributed by atoms with Gasteiger partial charge in [0.25, 0.3) is 5.91 Å². The maximum absolute atomic E-state index is 12.2. The number of nitrogens with one attached hydrogen (secondary N) is 1. The number of thiazole rings is 1. The SMILES string of the molecule is CCn1nccc1C(=O)NCCc1nc(-c2ccc(OC)cc2)cs1. The van der Waals surface area contributed by atoms with E-state index < -0.39 is 0 Å². The molecule has 0 atom stereocenters. The number of rotatable bonds is 7. The van der Waals surface area contributed by atoms with Crippen LogP contribution >= 0.6 is 11.3 Å². The van der Waals surface area contributed by atoms with Crippen molar-refractivity contribution in [2.45, 2.75) is 19.9 Å². The van der Waals surface area contributed by atoms with Gasteiger partial charge in [0.2, 0.25) is 0 Å². The lowest BCUT2D eigenvalue weighted by atomic mass is 10.2. The molecule has 2 heterocycles. The van der Waals surface area contributed by atoms with Crippen LogP contribution in [-0.2, 0) is 13.0 Å². The second-order valence-electron chi connectivity index (χ2n) is 5.39. The second-order valence-corrected chi connectivity index (χ2v) is 6.34. The van der Waals surface area contributed by atoms with Crippen LogP contribution in [0.15, 0.2) is 41.9 Å². The Hall–Kier alpha value is -2.67. The van der Waals surface area contributed by atoms with Gasteiger partial charge in [0.1, 0.15) is 11.4 Å². The summed E-state index contributed by atoms with van der Waals surface area (Å²) in [6.45, 7) is 3.18. The normalized spacial score (nSPS) is 10.6. The van der Waals surface area contributed by atoms with Gasteiger partial charge in [-0.2, -0.15) is 5.10 Å². The summed E-state index contributed by atoms with van der Waals surface area (Å²) in [5, 5.41) is 10.1. The van der Waals surface area contributed by atoms with Gasteiger partial charge in [0.05, 0.1) is 17.8 Å². The zero-order valence-corrected chi connectivity index (χ0v) is 15.0. The fraction of sp³-hybridized carbons (Fsp3) is 0.278. The van der Waals surface area contributed by atoms with E-state index in [0.717, 1.165) is 22.0 Å². The van der Waals surface area contributed by atoms with Crippen molar-refractivity contribution in [1.29, 1.82) is 0 Å². The Morgan fingerprint density at radius 1 is 1.28 bits per heavy atom. The van der Waals surface area contributed by atoms with Crippen LogP contribution in [0.3, 0.4) is 0 Å².